The van der Waals surface area contributed by atoms with E-state index in [4.69, 9.17) is 4.74 Å². The monoisotopic (exact) mass is 367 g/mol. The summed E-state index contributed by atoms with van der Waals surface area (Å²) in [4.78, 5) is 12.6. The van der Waals surface area contributed by atoms with Crippen LogP contribution in [-0.4, -0.2) is 46.1 Å². The van der Waals surface area contributed by atoms with E-state index in [1.807, 2.05) is 0 Å². The lowest BCUT2D eigenvalue weighted by atomic mass is 10.0. The number of carbonyl (C=O) groups is 1. The van der Waals surface area contributed by atoms with Gasteiger partial charge in [0.15, 0.2) is 0 Å². The topological polar surface area (TPSA) is 96.5 Å². The van der Waals surface area contributed by atoms with Gasteiger partial charge < -0.3 is 15.4 Å². The van der Waals surface area contributed by atoms with Gasteiger partial charge in [0.1, 0.15) is 10.6 Å². The summed E-state index contributed by atoms with van der Waals surface area (Å²) in [6.07, 6.45) is 3.40. The molecule has 0 bridgehead atoms. The molecular weight excluding hydrogens is 342 g/mol. The number of amides is 1. The summed E-state index contributed by atoms with van der Waals surface area (Å²) < 4.78 is 32.9. The lowest BCUT2D eigenvalue weighted by molar-refractivity contribution is 0.0925. The summed E-state index contributed by atoms with van der Waals surface area (Å²) in [5.41, 5.74) is 0.322. The van der Waals surface area contributed by atoms with Crippen LogP contribution < -0.4 is 20.1 Å². The highest BCUT2D eigenvalue weighted by Gasteiger charge is 2.30. The van der Waals surface area contributed by atoms with Crippen molar-refractivity contribution in [2.24, 2.45) is 0 Å². The maximum absolute atomic E-state index is 12.5. The number of rotatable bonds is 6. The third-order valence-corrected chi connectivity index (χ3v) is 6.12. The normalized spacial score (nSPS) is 23.9. The Labute approximate surface area is 148 Å². The molecule has 3 rings (SSSR count). The Hall–Kier alpha value is -1.64. The van der Waals surface area contributed by atoms with Crippen molar-refractivity contribution in [1.29, 1.82) is 0 Å². The van der Waals surface area contributed by atoms with Crippen LogP contribution in [0.1, 0.15) is 43.0 Å². The Kier molecular flexibility index (Phi) is 5.31. The highest BCUT2D eigenvalue weighted by molar-refractivity contribution is 7.89. The lowest BCUT2D eigenvalue weighted by Crippen LogP contribution is -2.46. The van der Waals surface area contributed by atoms with Crippen LogP contribution in [0.3, 0.4) is 0 Å². The van der Waals surface area contributed by atoms with Crippen LogP contribution in [0.15, 0.2) is 23.1 Å². The molecule has 1 saturated carbocycles. The Morgan fingerprint density at radius 1 is 1.24 bits per heavy atom. The molecule has 0 spiro atoms. The summed E-state index contributed by atoms with van der Waals surface area (Å²) >= 11 is 0. The molecule has 1 aliphatic heterocycles. The molecule has 3 N–H and O–H groups in total. The standard InChI is InChI=1S/C17H25N3O4S/c1-11-9-14(7-8-18-11)19-17(21)12-3-6-15(24-2)16(10-12)25(22,23)20-13-4-5-13/h3,6,10-11,13-14,18,20H,4-5,7-9H2,1-2H3,(H,19,21). The van der Waals surface area contributed by atoms with Crippen LogP contribution in [0.4, 0.5) is 0 Å². The first-order valence-electron chi connectivity index (χ1n) is 8.63. The number of sulfonamides is 1. The second-order valence-electron chi connectivity index (χ2n) is 6.81. The van der Waals surface area contributed by atoms with Crippen LogP contribution in [0.5, 0.6) is 5.75 Å². The molecule has 7 nitrogen and oxygen atoms in total. The molecule has 2 atom stereocenters. The van der Waals surface area contributed by atoms with E-state index in [-0.39, 0.29) is 28.6 Å². The molecule has 1 heterocycles. The van der Waals surface area contributed by atoms with Crippen LogP contribution in [0, 0.1) is 0 Å². The lowest BCUT2D eigenvalue weighted by Gasteiger charge is -2.28. The van der Waals surface area contributed by atoms with E-state index in [1.165, 1.54) is 19.2 Å². The second kappa shape index (κ2) is 7.31. The number of benzene rings is 1. The molecule has 2 aliphatic rings. The average Bonchev–Trinajstić information content (AvgIpc) is 3.37. The van der Waals surface area contributed by atoms with Gasteiger partial charge in [-0.05, 0) is 57.4 Å². The van der Waals surface area contributed by atoms with Gasteiger partial charge in [-0.15, -0.1) is 0 Å². The van der Waals surface area contributed by atoms with Crippen LogP contribution in [0.2, 0.25) is 0 Å². The van der Waals surface area contributed by atoms with Gasteiger partial charge >= 0.3 is 0 Å². The summed E-state index contributed by atoms with van der Waals surface area (Å²) in [6.45, 7) is 2.94. The fraction of sp³-hybridized carbons (Fsp3) is 0.588. The van der Waals surface area contributed by atoms with Crippen LogP contribution in [0.25, 0.3) is 0 Å². The summed E-state index contributed by atoms with van der Waals surface area (Å²) in [6, 6.07) is 4.95. The quantitative estimate of drug-likeness (QED) is 0.697. The van der Waals surface area contributed by atoms with Crippen molar-refractivity contribution in [2.45, 2.75) is 55.6 Å². The van der Waals surface area contributed by atoms with Gasteiger partial charge in [-0.2, -0.15) is 0 Å². The van der Waals surface area contributed by atoms with E-state index in [0.717, 1.165) is 32.2 Å². The molecule has 2 fully saturated rings. The number of nitrogens with one attached hydrogen (secondary N) is 3. The van der Waals surface area contributed by atoms with Crippen LogP contribution in [-0.2, 0) is 10.0 Å². The second-order valence-corrected chi connectivity index (χ2v) is 8.49. The van der Waals surface area contributed by atoms with Crippen molar-refractivity contribution in [2.75, 3.05) is 13.7 Å². The molecule has 0 radical (unpaired) electrons. The maximum atomic E-state index is 12.5. The zero-order valence-electron chi connectivity index (χ0n) is 14.5. The molecule has 25 heavy (non-hydrogen) atoms. The SMILES string of the molecule is COc1ccc(C(=O)NC2CCNC(C)C2)cc1S(=O)(=O)NC1CC1. The third kappa shape index (κ3) is 4.50. The minimum Gasteiger partial charge on any atom is -0.495 e. The van der Waals surface area contributed by atoms with E-state index in [0.29, 0.717) is 11.6 Å². The fourth-order valence-electron chi connectivity index (χ4n) is 3.04. The molecule has 138 valence electrons. The van der Waals surface area contributed by atoms with Crippen molar-refractivity contribution < 1.29 is 17.9 Å². The Morgan fingerprint density at radius 2 is 2.00 bits per heavy atom. The minimum absolute atomic E-state index is 0.00762. The van der Waals surface area contributed by atoms with Gasteiger partial charge in [-0.1, -0.05) is 0 Å². The van der Waals surface area contributed by atoms with E-state index < -0.39 is 10.0 Å². The van der Waals surface area contributed by atoms with Gasteiger partial charge in [-0.3, -0.25) is 4.79 Å². The van der Waals surface area contributed by atoms with Crippen molar-refractivity contribution in [3.63, 3.8) is 0 Å². The predicted molar refractivity (Wildman–Crippen MR) is 94.3 cm³/mol. The molecular formula is C17H25N3O4S. The number of piperidine rings is 1. The van der Waals surface area contributed by atoms with Crippen molar-refractivity contribution in [3.05, 3.63) is 23.8 Å². The van der Waals surface area contributed by atoms with Crippen molar-refractivity contribution >= 4 is 15.9 Å². The Balaban J connectivity index is 1.79. The summed E-state index contributed by atoms with van der Waals surface area (Å²) in [7, 11) is -2.28. The molecule has 1 saturated heterocycles. The van der Waals surface area contributed by atoms with Crippen molar-refractivity contribution in [1.82, 2.24) is 15.4 Å². The first kappa shape index (κ1) is 18.2. The van der Waals surface area contributed by atoms with Gasteiger partial charge in [0.05, 0.1) is 7.11 Å². The van der Waals surface area contributed by atoms with Gasteiger partial charge in [-0.25, -0.2) is 13.1 Å². The average molecular weight is 367 g/mol. The largest absolute Gasteiger partial charge is 0.495 e. The van der Waals surface area contributed by atoms with Gasteiger partial charge in [0, 0.05) is 23.7 Å². The minimum atomic E-state index is -3.70. The zero-order chi connectivity index (χ0) is 18.0. The van der Waals surface area contributed by atoms with Gasteiger partial charge in [0.2, 0.25) is 10.0 Å². The summed E-state index contributed by atoms with van der Waals surface area (Å²) in [5, 5.41) is 6.34. The van der Waals surface area contributed by atoms with E-state index in [9.17, 15) is 13.2 Å². The van der Waals surface area contributed by atoms with Crippen molar-refractivity contribution in [3.8, 4) is 5.75 Å². The number of hydrogen-bond donors (Lipinski definition) is 3. The van der Waals surface area contributed by atoms with E-state index >= 15 is 0 Å². The first-order valence-corrected chi connectivity index (χ1v) is 10.1. The number of carbonyl (C=O) groups excluding carboxylic acids is 1. The number of ether oxygens (including phenoxy) is 1. The highest BCUT2D eigenvalue weighted by atomic mass is 32.2. The van der Waals surface area contributed by atoms with E-state index in [2.05, 4.69) is 22.3 Å². The zero-order valence-corrected chi connectivity index (χ0v) is 15.4. The maximum Gasteiger partial charge on any atom is 0.251 e. The predicted octanol–water partition coefficient (Wildman–Crippen LogP) is 1.01. The first-order chi connectivity index (χ1) is 11.9. The number of hydrogen-bond acceptors (Lipinski definition) is 5. The molecule has 1 aromatic rings. The molecule has 1 aromatic carbocycles. The molecule has 8 heteroatoms. The molecule has 2 unspecified atom stereocenters. The molecule has 1 amide bonds. The molecule has 0 aromatic heterocycles. The number of methoxy groups -OCH3 is 1. The smallest absolute Gasteiger partial charge is 0.251 e. The highest BCUT2D eigenvalue weighted by Crippen LogP contribution is 2.28. The van der Waals surface area contributed by atoms with E-state index in [1.54, 1.807) is 6.07 Å². The van der Waals surface area contributed by atoms with Gasteiger partial charge in [0.25, 0.3) is 5.91 Å². The molecule has 1 aliphatic carbocycles. The Morgan fingerprint density at radius 3 is 2.64 bits per heavy atom. The van der Waals surface area contributed by atoms with Crippen LogP contribution >= 0.6 is 0 Å². The fourth-order valence-corrected chi connectivity index (χ4v) is 4.54. The summed E-state index contributed by atoms with van der Waals surface area (Å²) in [5.74, 6) is -0.0233. The Bertz CT molecular complexity index is 746. The third-order valence-electron chi connectivity index (χ3n) is 4.57.